The summed E-state index contributed by atoms with van der Waals surface area (Å²) in [6, 6.07) is 0. The van der Waals surface area contributed by atoms with Crippen LogP contribution in [0.5, 0.6) is 0 Å². The van der Waals surface area contributed by atoms with E-state index in [2.05, 4.69) is 9.97 Å². The second-order valence-electron chi connectivity index (χ2n) is 4.28. The monoisotopic (exact) mass is 321 g/mol. The third-order valence-electron chi connectivity index (χ3n) is 3.05. The number of hydrogen-bond donors (Lipinski definition) is 0. The molecule has 0 amide bonds. The summed E-state index contributed by atoms with van der Waals surface area (Å²) in [4.78, 5) is 10.1. The molecule has 0 spiro atoms. The van der Waals surface area contributed by atoms with Crippen LogP contribution in [0.25, 0.3) is 0 Å². The van der Waals surface area contributed by atoms with Gasteiger partial charge < -0.3 is 0 Å². The number of aromatic nitrogens is 2. The largest absolute Gasteiger partial charge is 0.280 e. The highest BCUT2D eigenvalue weighted by atomic mass is 35.5. The van der Waals surface area contributed by atoms with Gasteiger partial charge in [-0.1, -0.05) is 18.5 Å². The van der Waals surface area contributed by atoms with Gasteiger partial charge >= 0.3 is 0 Å². The summed E-state index contributed by atoms with van der Waals surface area (Å²) in [7, 11) is -3.07. The van der Waals surface area contributed by atoms with Crippen LogP contribution in [0.3, 0.4) is 0 Å². The summed E-state index contributed by atoms with van der Waals surface area (Å²) in [5, 5.41) is -0.0793. The van der Waals surface area contributed by atoms with Crippen molar-refractivity contribution in [3.63, 3.8) is 0 Å². The number of rotatable bonds is 4. The summed E-state index contributed by atoms with van der Waals surface area (Å²) in [5.41, 5.74) is 0.743. The zero-order valence-electron chi connectivity index (χ0n) is 10.6. The number of nitrogens with zero attached hydrogens (tertiary/aromatic N) is 3. The molecule has 106 valence electrons. The third kappa shape index (κ3) is 3.81. The SMILES string of the molecule is CCS(=O)(=O)C1CSCCN1Cc1cnc(Cl)cn1. The first kappa shape index (κ1) is 15.0. The van der Waals surface area contributed by atoms with E-state index in [4.69, 9.17) is 11.6 Å². The van der Waals surface area contributed by atoms with Crippen molar-refractivity contribution in [3.8, 4) is 0 Å². The summed E-state index contributed by atoms with van der Waals surface area (Å²) in [6.07, 6.45) is 3.08. The van der Waals surface area contributed by atoms with Gasteiger partial charge in [0.15, 0.2) is 9.84 Å². The van der Waals surface area contributed by atoms with Gasteiger partial charge in [0.1, 0.15) is 10.5 Å². The Hall–Kier alpha value is -0.370. The minimum atomic E-state index is -3.07. The highest BCUT2D eigenvalue weighted by molar-refractivity contribution is 8.01. The van der Waals surface area contributed by atoms with Crippen LogP contribution in [0.15, 0.2) is 12.4 Å². The molecule has 1 aromatic rings. The van der Waals surface area contributed by atoms with Crippen LogP contribution in [0.4, 0.5) is 0 Å². The smallest absolute Gasteiger partial charge is 0.166 e. The fraction of sp³-hybridized carbons (Fsp3) is 0.636. The lowest BCUT2D eigenvalue weighted by molar-refractivity contribution is 0.258. The molecule has 19 heavy (non-hydrogen) atoms. The quantitative estimate of drug-likeness (QED) is 0.836. The molecular weight excluding hydrogens is 306 g/mol. The first-order valence-electron chi connectivity index (χ1n) is 6.02. The first-order valence-corrected chi connectivity index (χ1v) is 9.27. The van der Waals surface area contributed by atoms with Gasteiger partial charge in [-0.3, -0.25) is 9.88 Å². The van der Waals surface area contributed by atoms with E-state index < -0.39 is 15.2 Å². The molecule has 2 heterocycles. The molecule has 0 radical (unpaired) electrons. The second kappa shape index (κ2) is 6.39. The van der Waals surface area contributed by atoms with Crippen molar-refractivity contribution in [2.75, 3.05) is 23.8 Å². The average molecular weight is 322 g/mol. The van der Waals surface area contributed by atoms with E-state index in [1.54, 1.807) is 24.9 Å². The molecule has 1 saturated heterocycles. The highest BCUT2D eigenvalue weighted by Crippen LogP contribution is 2.22. The standard InChI is InChI=1S/C11H16ClN3O2S2/c1-2-19(16,17)11-8-18-4-3-15(11)7-9-5-14-10(12)6-13-9/h5-6,11H,2-4,7-8H2,1H3. The van der Waals surface area contributed by atoms with Gasteiger partial charge in [0.2, 0.25) is 0 Å². The second-order valence-corrected chi connectivity index (χ2v) is 8.27. The Bertz CT molecular complexity index is 521. The molecule has 1 atom stereocenters. The van der Waals surface area contributed by atoms with Gasteiger partial charge in [-0.15, -0.1) is 0 Å². The van der Waals surface area contributed by atoms with Crippen LogP contribution in [0.2, 0.25) is 5.15 Å². The molecule has 1 aliphatic rings. The van der Waals surface area contributed by atoms with E-state index in [9.17, 15) is 8.42 Å². The van der Waals surface area contributed by atoms with E-state index in [1.165, 1.54) is 6.20 Å². The van der Waals surface area contributed by atoms with Gasteiger partial charge in [-0.05, 0) is 0 Å². The van der Waals surface area contributed by atoms with Crippen LogP contribution >= 0.6 is 23.4 Å². The predicted octanol–water partition coefficient (Wildman–Crippen LogP) is 1.44. The molecule has 2 rings (SSSR count). The minimum absolute atomic E-state index is 0.168. The average Bonchev–Trinajstić information content (AvgIpc) is 2.42. The molecule has 0 bridgehead atoms. The van der Waals surface area contributed by atoms with Gasteiger partial charge in [-0.25, -0.2) is 13.4 Å². The molecule has 1 aliphatic heterocycles. The van der Waals surface area contributed by atoms with Gasteiger partial charge in [0, 0.05) is 30.3 Å². The molecule has 0 aromatic carbocycles. The molecule has 0 aliphatic carbocycles. The Morgan fingerprint density at radius 1 is 1.47 bits per heavy atom. The van der Waals surface area contributed by atoms with Gasteiger partial charge in [0.25, 0.3) is 0 Å². The lowest BCUT2D eigenvalue weighted by Gasteiger charge is -2.34. The Kier molecular flexibility index (Phi) is 5.05. The van der Waals surface area contributed by atoms with E-state index in [0.29, 0.717) is 17.5 Å². The molecule has 5 nitrogen and oxygen atoms in total. The topological polar surface area (TPSA) is 63.2 Å². The van der Waals surface area contributed by atoms with E-state index in [-0.39, 0.29) is 5.75 Å². The molecular formula is C11H16ClN3O2S2. The first-order chi connectivity index (χ1) is 9.03. The van der Waals surface area contributed by atoms with Crippen molar-refractivity contribution in [1.82, 2.24) is 14.9 Å². The molecule has 8 heteroatoms. The van der Waals surface area contributed by atoms with E-state index in [1.807, 2.05) is 4.90 Å². The maximum atomic E-state index is 12.1. The highest BCUT2D eigenvalue weighted by Gasteiger charge is 2.32. The maximum Gasteiger partial charge on any atom is 0.166 e. The van der Waals surface area contributed by atoms with Crippen LogP contribution in [0, 0.1) is 0 Å². The molecule has 1 fully saturated rings. The summed E-state index contributed by atoms with van der Waals surface area (Å²) < 4.78 is 24.2. The van der Waals surface area contributed by atoms with Crippen LogP contribution in [-0.4, -0.2) is 52.5 Å². The van der Waals surface area contributed by atoms with Crippen LogP contribution in [0.1, 0.15) is 12.6 Å². The van der Waals surface area contributed by atoms with Crippen molar-refractivity contribution < 1.29 is 8.42 Å². The van der Waals surface area contributed by atoms with Crippen molar-refractivity contribution in [2.45, 2.75) is 18.8 Å². The maximum absolute atomic E-state index is 12.1. The normalized spacial score (nSPS) is 21.5. The predicted molar refractivity (Wildman–Crippen MR) is 78.0 cm³/mol. The Morgan fingerprint density at radius 3 is 2.89 bits per heavy atom. The van der Waals surface area contributed by atoms with Gasteiger partial charge in [-0.2, -0.15) is 11.8 Å². The van der Waals surface area contributed by atoms with Crippen molar-refractivity contribution in [3.05, 3.63) is 23.2 Å². The van der Waals surface area contributed by atoms with Crippen molar-refractivity contribution >= 4 is 33.2 Å². The van der Waals surface area contributed by atoms with Crippen molar-refractivity contribution in [1.29, 1.82) is 0 Å². The minimum Gasteiger partial charge on any atom is -0.280 e. The zero-order valence-corrected chi connectivity index (χ0v) is 13.0. The lowest BCUT2D eigenvalue weighted by Crippen LogP contribution is -2.47. The summed E-state index contributed by atoms with van der Waals surface area (Å²) in [5.74, 6) is 1.73. The van der Waals surface area contributed by atoms with Crippen LogP contribution in [-0.2, 0) is 16.4 Å². The third-order valence-corrected chi connectivity index (χ3v) is 6.57. The molecule has 1 aromatic heterocycles. The number of thioether (sulfide) groups is 1. The summed E-state index contributed by atoms with van der Waals surface area (Å²) in [6.45, 7) is 2.93. The fourth-order valence-corrected chi connectivity index (χ4v) is 5.13. The van der Waals surface area contributed by atoms with Gasteiger partial charge in [0.05, 0.1) is 18.1 Å². The Balaban J connectivity index is 2.14. The van der Waals surface area contributed by atoms with Crippen LogP contribution < -0.4 is 0 Å². The van der Waals surface area contributed by atoms with E-state index in [0.717, 1.165) is 18.0 Å². The number of halogens is 1. The summed E-state index contributed by atoms with van der Waals surface area (Å²) >= 11 is 7.38. The lowest BCUT2D eigenvalue weighted by atomic mass is 10.4. The Morgan fingerprint density at radius 2 is 2.26 bits per heavy atom. The zero-order chi connectivity index (χ0) is 13.9. The number of hydrogen-bond acceptors (Lipinski definition) is 6. The molecule has 1 unspecified atom stereocenters. The number of sulfone groups is 1. The molecule has 0 N–H and O–H groups in total. The molecule has 0 saturated carbocycles. The fourth-order valence-electron chi connectivity index (χ4n) is 1.95. The van der Waals surface area contributed by atoms with Crippen molar-refractivity contribution in [2.24, 2.45) is 0 Å². The Labute approximate surface area is 122 Å². The van der Waals surface area contributed by atoms with E-state index >= 15 is 0 Å².